The van der Waals surface area contributed by atoms with Gasteiger partial charge in [0.2, 0.25) is 5.91 Å². The van der Waals surface area contributed by atoms with Gasteiger partial charge in [0.15, 0.2) is 5.17 Å². The summed E-state index contributed by atoms with van der Waals surface area (Å²) in [5.41, 5.74) is 0.981. The number of benzene rings is 1. The lowest BCUT2D eigenvalue weighted by Gasteiger charge is -1.90. The second-order valence-electron chi connectivity index (χ2n) is 3.31. The Labute approximate surface area is 97.8 Å². The molecule has 0 radical (unpaired) electrons. The van der Waals surface area contributed by atoms with Gasteiger partial charge in [0, 0.05) is 0 Å². The van der Waals surface area contributed by atoms with Crippen LogP contribution in [0.15, 0.2) is 40.5 Å². The molecule has 1 aromatic rings. The molecular formula is C11H11N3OS. The third kappa shape index (κ3) is 2.70. The van der Waals surface area contributed by atoms with Gasteiger partial charge in [-0.3, -0.25) is 4.79 Å². The molecule has 1 N–H and O–H groups in total. The Bertz CT molecular complexity index is 442. The topological polar surface area (TPSA) is 53.8 Å². The van der Waals surface area contributed by atoms with Gasteiger partial charge >= 0.3 is 0 Å². The van der Waals surface area contributed by atoms with Gasteiger partial charge in [0.1, 0.15) is 0 Å². The molecule has 0 spiro atoms. The molecule has 1 aliphatic rings. The van der Waals surface area contributed by atoms with E-state index in [-0.39, 0.29) is 11.2 Å². The number of amidine groups is 1. The standard InChI is InChI=1S/C11H11N3OS/c1-8-10(15)13-11(16-8)14-12-7-9-5-3-2-4-6-9/h2-8H,1H3,(H,13,14,15). The van der Waals surface area contributed by atoms with E-state index in [1.807, 2.05) is 37.3 Å². The van der Waals surface area contributed by atoms with Gasteiger partial charge in [-0.2, -0.15) is 5.10 Å². The van der Waals surface area contributed by atoms with Crippen molar-refractivity contribution in [2.75, 3.05) is 0 Å². The molecule has 1 atom stereocenters. The van der Waals surface area contributed by atoms with Crippen molar-refractivity contribution in [1.29, 1.82) is 0 Å². The van der Waals surface area contributed by atoms with Gasteiger partial charge in [-0.1, -0.05) is 42.1 Å². The molecule has 16 heavy (non-hydrogen) atoms. The van der Waals surface area contributed by atoms with Crippen LogP contribution in [-0.4, -0.2) is 22.5 Å². The van der Waals surface area contributed by atoms with Crippen LogP contribution in [-0.2, 0) is 4.79 Å². The summed E-state index contributed by atoms with van der Waals surface area (Å²) in [6.45, 7) is 1.84. The summed E-state index contributed by atoms with van der Waals surface area (Å²) >= 11 is 1.38. The first-order valence-corrected chi connectivity index (χ1v) is 5.77. The van der Waals surface area contributed by atoms with Crippen LogP contribution >= 0.6 is 11.8 Å². The number of thioether (sulfide) groups is 1. The normalized spacial score (nSPS) is 22.9. The number of carbonyl (C=O) groups is 1. The smallest absolute Gasteiger partial charge is 0.239 e. The molecule has 1 amide bonds. The van der Waals surface area contributed by atoms with Gasteiger partial charge < -0.3 is 5.32 Å². The first kappa shape index (κ1) is 10.9. The largest absolute Gasteiger partial charge is 0.303 e. The van der Waals surface area contributed by atoms with E-state index in [1.165, 1.54) is 11.8 Å². The lowest BCUT2D eigenvalue weighted by atomic mass is 10.2. The second-order valence-corrected chi connectivity index (χ2v) is 4.64. The fourth-order valence-corrected chi connectivity index (χ4v) is 1.95. The monoisotopic (exact) mass is 233 g/mol. The number of nitrogens with zero attached hydrogens (tertiary/aromatic N) is 2. The third-order valence-electron chi connectivity index (χ3n) is 2.04. The van der Waals surface area contributed by atoms with Crippen LogP contribution in [0.25, 0.3) is 0 Å². The minimum Gasteiger partial charge on any atom is -0.303 e. The average molecular weight is 233 g/mol. The third-order valence-corrected chi connectivity index (χ3v) is 3.02. The zero-order chi connectivity index (χ0) is 11.4. The fraction of sp³-hybridized carbons (Fsp3) is 0.182. The van der Waals surface area contributed by atoms with Gasteiger partial charge in [-0.15, -0.1) is 5.10 Å². The Kier molecular flexibility index (Phi) is 3.36. The van der Waals surface area contributed by atoms with Crippen molar-refractivity contribution in [3.8, 4) is 0 Å². The van der Waals surface area contributed by atoms with Crippen molar-refractivity contribution in [3.05, 3.63) is 35.9 Å². The highest BCUT2D eigenvalue weighted by Crippen LogP contribution is 2.18. The number of amides is 1. The maximum Gasteiger partial charge on any atom is 0.239 e. The highest BCUT2D eigenvalue weighted by atomic mass is 32.2. The van der Waals surface area contributed by atoms with Crippen molar-refractivity contribution in [1.82, 2.24) is 5.32 Å². The molecule has 0 saturated carbocycles. The molecule has 5 heteroatoms. The Morgan fingerprint density at radius 3 is 2.75 bits per heavy atom. The maximum absolute atomic E-state index is 11.2. The number of nitrogens with one attached hydrogen (secondary N) is 1. The molecule has 4 nitrogen and oxygen atoms in total. The minimum absolute atomic E-state index is 0.0151. The highest BCUT2D eigenvalue weighted by molar-refractivity contribution is 8.15. The summed E-state index contributed by atoms with van der Waals surface area (Å²) in [5.74, 6) is -0.0151. The van der Waals surface area contributed by atoms with Crippen molar-refractivity contribution < 1.29 is 4.79 Å². The van der Waals surface area contributed by atoms with E-state index >= 15 is 0 Å². The Hall–Kier alpha value is -1.62. The van der Waals surface area contributed by atoms with E-state index in [0.717, 1.165) is 5.56 Å². The van der Waals surface area contributed by atoms with Crippen molar-refractivity contribution in [3.63, 3.8) is 0 Å². The molecule has 1 saturated heterocycles. The van der Waals surface area contributed by atoms with E-state index in [2.05, 4.69) is 15.5 Å². The van der Waals surface area contributed by atoms with Crippen LogP contribution in [0, 0.1) is 0 Å². The number of hydrogen-bond donors (Lipinski definition) is 1. The molecule has 2 rings (SSSR count). The van der Waals surface area contributed by atoms with Crippen LogP contribution in [0.3, 0.4) is 0 Å². The van der Waals surface area contributed by atoms with Crippen LogP contribution in [0.5, 0.6) is 0 Å². The zero-order valence-corrected chi connectivity index (χ0v) is 9.57. The van der Waals surface area contributed by atoms with Gasteiger partial charge in [-0.05, 0) is 12.5 Å². The summed E-state index contributed by atoms with van der Waals surface area (Å²) < 4.78 is 0. The molecule has 1 heterocycles. The molecule has 82 valence electrons. The summed E-state index contributed by atoms with van der Waals surface area (Å²) in [5, 5.41) is 11.0. The molecule has 1 aromatic carbocycles. The van der Waals surface area contributed by atoms with E-state index in [1.54, 1.807) is 6.21 Å². The lowest BCUT2D eigenvalue weighted by Crippen LogP contribution is -2.23. The molecular weight excluding hydrogens is 222 g/mol. The van der Waals surface area contributed by atoms with Crippen LogP contribution in [0.4, 0.5) is 0 Å². The molecule has 1 aliphatic heterocycles. The van der Waals surface area contributed by atoms with Gasteiger partial charge in [-0.25, -0.2) is 0 Å². The first-order chi connectivity index (χ1) is 7.75. The second kappa shape index (κ2) is 4.94. The summed E-state index contributed by atoms with van der Waals surface area (Å²) in [4.78, 5) is 11.2. The quantitative estimate of drug-likeness (QED) is 0.623. The molecule has 0 bridgehead atoms. The van der Waals surface area contributed by atoms with E-state index in [4.69, 9.17) is 0 Å². The molecule has 1 fully saturated rings. The minimum atomic E-state index is -0.0781. The first-order valence-electron chi connectivity index (χ1n) is 4.89. The number of rotatable bonds is 2. The van der Waals surface area contributed by atoms with Crippen molar-refractivity contribution in [2.24, 2.45) is 10.2 Å². The van der Waals surface area contributed by atoms with Gasteiger partial charge in [0.05, 0.1) is 11.5 Å². The summed E-state index contributed by atoms with van der Waals surface area (Å²) in [6.07, 6.45) is 1.66. The lowest BCUT2D eigenvalue weighted by molar-refractivity contribution is -0.118. The maximum atomic E-state index is 11.2. The van der Waals surface area contributed by atoms with Crippen LogP contribution < -0.4 is 5.32 Å². The van der Waals surface area contributed by atoms with Crippen LogP contribution in [0.1, 0.15) is 12.5 Å². The summed E-state index contributed by atoms with van der Waals surface area (Å²) in [6, 6.07) is 9.68. The predicted octanol–water partition coefficient (Wildman–Crippen LogP) is 1.63. The van der Waals surface area contributed by atoms with E-state index in [9.17, 15) is 4.79 Å². The SMILES string of the molecule is CC1S/C(=N\N=Cc2ccccc2)NC1=O. The Morgan fingerprint density at radius 2 is 2.12 bits per heavy atom. The van der Waals surface area contributed by atoms with E-state index in [0.29, 0.717) is 5.17 Å². The number of hydrogen-bond acceptors (Lipinski definition) is 4. The molecule has 0 aromatic heterocycles. The highest BCUT2D eigenvalue weighted by Gasteiger charge is 2.25. The molecule has 1 unspecified atom stereocenters. The summed E-state index contributed by atoms with van der Waals surface area (Å²) in [7, 11) is 0. The predicted molar refractivity (Wildman–Crippen MR) is 66.7 cm³/mol. The zero-order valence-electron chi connectivity index (χ0n) is 8.75. The molecule has 0 aliphatic carbocycles. The van der Waals surface area contributed by atoms with Crippen LogP contribution in [0.2, 0.25) is 0 Å². The Morgan fingerprint density at radius 1 is 1.38 bits per heavy atom. The van der Waals surface area contributed by atoms with E-state index < -0.39 is 0 Å². The fourth-order valence-electron chi connectivity index (χ4n) is 1.19. The van der Waals surface area contributed by atoms with Gasteiger partial charge in [0.25, 0.3) is 0 Å². The average Bonchev–Trinajstić information content (AvgIpc) is 2.60. The Balaban J connectivity index is 2.00. The number of carbonyl (C=O) groups excluding carboxylic acids is 1. The van der Waals surface area contributed by atoms with Crippen molar-refractivity contribution >= 4 is 29.1 Å². The van der Waals surface area contributed by atoms with Crippen molar-refractivity contribution in [2.45, 2.75) is 12.2 Å².